The van der Waals surface area contributed by atoms with E-state index in [2.05, 4.69) is 0 Å². The van der Waals surface area contributed by atoms with Crippen LogP contribution in [0.5, 0.6) is 0 Å². The van der Waals surface area contributed by atoms with Crippen LogP contribution in [0, 0.1) is 5.92 Å². The molecule has 1 saturated heterocycles. The Hall–Kier alpha value is -1.30. The third-order valence-electron chi connectivity index (χ3n) is 3.19. The Morgan fingerprint density at radius 3 is 2.45 bits per heavy atom. The lowest BCUT2D eigenvalue weighted by molar-refractivity contribution is -0.156. The number of ether oxygens (including phenoxy) is 2. The summed E-state index contributed by atoms with van der Waals surface area (Å²) in [4.78, 5) is 25.3. The minimum Gasteiger partial charge on any atom is -0.466 e. The number of hydrogen-bond acceptors (Lipinski definition) is 5. The van der Waals surface area contributed by atoms with E-state index in [9.17, 15) is 14.7 Å². The summed E-state index contributed by atoms with van der Waals surface area (Å²) >= 11 is 0. The van der Waals surface area contributed by atoms with E-state index >= 15 is 0 Å². The van der Waals surface area contributed by atoms with Gasteiger partial charge in [-0.1, -0.05) is 0 Å². The maximum absolute atomic E-state index is 12.0. The Labute approximate surface area is 120 Å². The molecule has 1 N–H and O–H groups in total. The number of piperidine rings is 1. The number of nitrogens with zero attached hydrogens (tertiary/aromatic N) is 1. The standard InChI is InChI=1S/C14H25NO5/c1-6-19-12(17)10-7-9(2)15(8-11(10)16)13(18)20-14(3,4)5/h9-11,16H,6-8H2,1-5H3/t9?,10?,11-/m0/s1. The second-order valence-electron chi connectivity index (χ2n) is 6.14. The van der Waals surface area contributed by atoms with E-state index in [4.69, 9.17) is 9.47 Å². The second-order valence-corrected chi connectivity index (χ2v) is 6.14. The molecule has 0 saturated carbocycles. The van der Waals surface area contributed by atoms with E-state index in [1.807, 2.05) is 6.92 Å². The van der Waals surface area contributed by atoms with Gasteiger partial charge < -0.3 is 19.5 Å². The fraction of sp³-hybridized carbons (Fsp3) is 0.857. The summed E-state index contributed by atoms with van der Waals surface area (Å²) in [6.45, 7) is 9.30. The molecule has 0 aliphatic carbocycles. The molecular formula is C14H25NO5. The van der Waals surface area contributed by atoms with Crippen LogP contribution in [-0.2, 0) is 14.3 Å². The van der Waals surface area contributed by atoms with Gasteiger partial charge in [0.1, 0.15) is 5.60 Å². The zero-order valence-electron chi connectivity index (χ0n) is 12.9. The van der Waals surface area contributed by atoms with Gasteiger partial charge in [-0.05, 0) is 41.0 Å². The number of amides is 1. The van der Waals surface area contributed by atoms with Gasteiger partial charge in [-0.25, -0.2) is 4.79 Å². The van der Waals surface area contributed by atoms with Gasteiger partial charge in [-0.2, -0.15) is 0 Å². The molecule has 1 aliphatic rings. The molecule has 0 aromatic carbocycles. The molecule has 20 heavy (non-hydrogen) atoms. The predicted molar refractivity (Wildman–Crippen MR) is 73.1 cm³/mol. The van der Waals surface area contributed by atoms with Crippen LogP contribution in [0.1, 0.15) is 41.0 Å². The number of carbonyl (C=O) groups excluding carboxylic acids is 2. The number of esters is 1. The van der Waals surface area contributed by atoms with Gasteiger partial charge in [0.25, 0.3) is 0 Å². The number of aliphatic hydroxyl groups excluding tert-OH is 1. The molecule has 1 rings (SSSR count). The second kappa shape index (κ2) is 6.43. The van der Waals surface area contributed by atoms with Crippen LogP contribution in [-0.4, -0.2) is 53.0 Å². The quantitative estimate of drug-likeness (QED) is 0.780. The van der Waals surface area contributed by atoms with Crippen LogP contribution >= 0.6 is 0 Å². The summed E-state index contributed by atoms with van der Waals surface area (Å²) in [5.41, 5.74) is -0.584. The molecule has 1 aliphatic heterocycles. The fourth-order valence-electron chi connectivity index (χ4n) is 2.24. The highest BCUT2D eigenvalue weighted by Gasteiger charge is 2.40. The Balaban J connectivity index is 2.68. The molecule has 6 heteroatoms. The van der Waals surface area contributed by atoms with Gasteiger partial charge in [0.05, 0.1) is 25.2 Å². The molecule has 0 aromatic rings. The SMILES string of the molecule is CCOC(=O)C1CC(C)N(C(=O)OC(C)(C)C)C[C@@H]1O. The molecule has 3 atom stereocenters. The van der Waals surface area contributed by atoms with Crippen molar-refractivity contribution in [1.82, 2.24) is 4.90 Å². The topological polar surface area (TPSA) is 76.1 Å². The zero-order chi connectivity index (χ0) is 15.5. The Morgan fingerprint density at radius 2 is 1.95 bits per heavy atom. The molecule has 0 radical (unpaired) electrons. The van der Waals surface area contributed by atoms with Crippen molar-refractivity contribution in [2.75, 3.05) is 13.2 Å². The highest BCUT2D eigenvalue weighted by Crippen LogP contribution is 2.26. The van der Waals surface area contributed by atoms with Crippen LogP contribution in [0.4, 0.5) is 4.79 Å². The lowest BCUT2D eigenvalue weighted by Gasteiger charge is -2.40. The van der Waals surface area contributed by atoms with E-state index in [0.29, 0.717) is 6.42 Å². The molecule has 2 unspecified atom stereocenters. The number of likely N-dealkylation sites (tertiary alicyclic amines) is 1. The molecule has 0 spiro atoms. The fourth-order valence-corrected chi connectivity index (χ4v) is 2.24. The summed E-state index contributed by atoms with van der Waals surface area (Å²) in [7, 11) is 0. The normalized spacial score (nSPS) is 27.1. The van der Waals surface area contributed by atoms with Crippen LogP contribution in [0.2, 0.25) is 0 Å². The number of β-amino-alcohol motifs (C(OH)–C–C–N with tert-alkyl or cyclic N) is 1. The van der Waals surface area contributed by atoms with Gasteiger partial charge in [0, 0.05) is 6.04 Å². The summed E-state index contributed by atoms with van der Waals surface area (Å²) in [6.07, 6.45) is -1.01. The lowest BCUT2D eigenvalue weighted by Crippen LogP contribution is -2.54. The van der Waals surface area contributed by atoms with Gasteiger partial charge in [-0.3, -0.25) is 4.79 Å². The predicted octanol–water partition coefficient (Wildman–Crippen LogP) is 1.56. The van der Waals surface area contributed by atoms with Gasteiger partial charge in [-0.15, -0.1) is 0 Å². The zero-order valence-corrected chi connectivity index (χ0v) is 12.9. The van der Waals surface area contributed by atoms with Crippen molar-refractivity contribution < 1.29 is 24.2 Å². The van der Waals surface area contributed by atoms with E-state index in [1.165, 1.54) is 4.90 Å². The number of hydrogen-bond donors (Lipinski definition) is 1. The van der Waals surface area contributed by atoms with E-state index in [0.717, 1.165) is 0 Å². The molecule has 116 valence electrons. The molecule has 1 heterocycles. The summed E-state index contributed by atoms with van der Waals surface area (Å²) in [6, 6.07) is -0.178. The maximum Gasteiger partial charge on any atom is 0.410 e. The first-order valence-corrected chi connectivity index (χ1v) is 7.00. The Morgan fingerprint density at radius 1 is 1.35 bits per heavy atom. The Bertz CT molecular complexity index is 363. The largest absolute Gasteiger partial charge is 0.466 e. The van der Waals surface area contributed by atoms with Crippen molar-refractivity contribution in [1.29, 1.82) is 0 Å². The first-order valence-electron chi connectivity index (χ1n) is 7.00. The Kier molecular flexibility index (Phi) is 5.39. The van der Waals surface area contributed by atoms with E-state index in [1.54, 1.807) is 27.7 Å². The summed E-state index contributed by atoms with van der Waals surface area (Å²) in [5, 5.41) is 10.1. The van der Waals surface area contributed by atoms with Crippen LogP contribution in [0.15, 0.2) is 0 Å². The van der Waals surface area contributed by atoms with Crippen LogP contribution < -0.4 is 0 Å². The molecule has 1 amide bonds. The maximum atomic E-state index is 12.0. The molecule has 0 bridgehead atoms. The number of aliphatic hydroxyl groups is 1. The molecular weight excluding hydrogens is 262 g/mol. The third-order valence-corrected chi connectivity index (χ3v) is 3.19. The first-order chi connectivity index (χ1) is 9.15. The molecule has 0 aromatic heterocycles. The van der Waals surface area contributed by atoms with Gasteiger partial charge in [0.15, 0.2) is 0 Å². The van der Waals surface area contributed by atoms with Gasteiger partial charge >= 0.3 is 12.1 Å². The van der Waals surface area contributed by atoms with Crippen molar-refractivity contribution in [3.63, 3.8) is 0 Å². The first kappa shape index (κ1) is 16.8. The minimum absolute atomic E-state index is 0.0829. The minimum atomic E-state index is -0.919. The average molecular weight is 287 g/mol. The van der Waals surface area contributed by atoms with Crippen molar-refractivity contribution in [2.24, 2.45) is 5.92 Å². The van der Waals surface area contributed by atoms with E-state index in [-0.39, 0.29) is 19.2 Å². The number of rotatable bonds is 2. The molecule has 1 fully saturated rings. The van der Waals surface area contributed by atoms with Crippen LogP contribution in [0.3, 0.4) is 0 Å². The summed E-state index contributed by atoms with van der Waals surface area (Å²) in [5.74, 6) is -0.987. The van der Waals surface area contributed by atoms with Crippen molar-refractivity contribution in [3.8, 4) is 0 Å². The van der Waals surface area contributed by atoms with Crippen molar-refractivity contribution >= 4 is 12.1 Å². The monoisotopic (exact) mass is 287 g/mol. The van der Waals surface area contributed by atoms with Crippen molar-refractivity contribution in [3.05, 3.63) is 0 Å². The highest BCUT2D eigenvalue weighted by atomic mass is 16.6. The number of carbonyl (C=O) groups is 2. The van der Waals surface area contributed by atoms with Gasteiger partial charge in [0.2, 0.25) is 0 Å². The lowest BCUT2D eigenvalue weighted by atomic mass is 9.89. The molecule has 6 nitrogen and oxygen atoms in total. The third kappa shape index (κ3) is 4.37. The van der Waals surface area contributed by atoms with Crippen LogP contribution in [0.25, 0.3) is 0 Å². The van der Waals surface area contributed by atoms with Crippen molar-refractivity contribution in [2.45, 2.75) is 58.8 Å². The average Bonchev–Trinajstić information content (AvgIpc) is 2.29. The smallest absolute Gasteiger partial charge is 0.410 e. The van der Waals surface area contributed by atoms with E-state index < -0.39 is 29.7 Å². The summed E-state index contributed by atoms with van der Waals surface area (Å²) < 4.78 is 10.2. The highest BCUT2D eigenvalue weighted by molar-refractivity contribution is 5.74.